The first-order valence-corrected chi connectivity index (χ1v) is 5.00. The van der Waals surface area contributed by atoms with E-state index in [1.807, 2.05) is 5.92 Å². The highest BCUT2D eigenvalue weighted by molar-refractivity contribution is 5.87. The number of hydrogen-bond donors (Lipinski definition) is 2. The fourth-order valence-electron chi connectivity index (χ4n) is 1.08. The highest BCUT2D eigenvalue weighted by atomic mass is 16.6. The third kappa shape index (κ3) is 4.22. The first-order chi connectivity index (χ1) is 7.22. The summed E-state index contributed by atoms with van der Waals surface area (Å²) in [5, 5.41) is 11.0. The predicted molar refractivity (Wildman–Crippen MR) is 56.7 cm³/mol. The zero-order chi connectivity index (χ0) is 12.4. The van der Waals surface area contributed by atoms with Gasteiger partial charge in [-0.15, -0.1) is 0 Å². The van der Waals surface area contributed by atoms with Gasteiger partial charge in [0.2, 0.25) is 0 Å². The number of carbonyl (C=O) groups is 2. The minimum absolute atomic E-state index is 0.565. The van der Waals surface area contributed by atoms with Crippen LogP contribution in [0.15, 0.2) is 0 Å². The van der Waals surface area contributed by atoms with E-state index in [9.17, 15) is 9.59 Å². The van der Waals surface area contributed by atoms with Gasteiger partial charge in [-0.05, 0) is 33.6 Å². The number of carboxylic acid groups (broad SMARTS) is 1. The van der Waals surface area contributed by atoms with Gasteiger partial charge in [-0.25, -0.2) is 9.59 Å². The minimum atomic E-state index is -1.20. The fraction of sp³-hybridized carbons (Fsp3) is 0.636. The number of carboxylic acids is 1. The number of rotatable bonds is 1. The van der Waals surface area contributed by atoms with Crippen LogP contribution in [-0.4, -0.2) is 28.3 Å². The zero-order valence-corrected chi connectivity index (χ0v) is 9.59. The molecule has 1 rings (SSSR count). The van der Waals surface area contributed by atoms with Crippen molar-refractivity contribution in [2.75, 3.05) is 0 Å². The van der Waals surface area contributed by atoms with Crippen molar-refractivity contribution in [3.05, 3.63) is 0 Å². The second-order valence-corrected chi connectivity index (χ2v) is 4.76. The van der Waals surface area contributed by atoms with Crippen molar-refractivity contribution in [1.82, 2.24) is 5.32 Å². The summed E-state index contributed by atoms with van der Waals surface area (Å²) in [5.74, 6) is 3.34. The molecular weight excluding hydrogens is 210 g/mol. The fourth-order valence-corrected chi connectivity index (χ4v) is 1.08. The molecule has 5 nitrogen and oxygen atoms in total. The Bertz CT molecular complexity index is 366. The number of carbonyl (C=O) groups excluding carboxylic acids is 1. The maximum atomic E-state index is 11.4. The third-order valence-electron chi connectivity index (χ3n) is 1.90. The Labute approximate surface area is 94.2 Å². The monoisotopic (exact) mass is 225 g/mol. The van der Waals surface area contributed by atoms with Gasteiger partial charge in [-0.1, -0.05) is 5.92 Å². The first kappa shape index (κ1) is 12.4. The van der Waals surface area contributed by atoms with E-state index in [4.69, 9.17) is 9.84 Å². The standard InChI is InChI=1S/C11H15NO4/c1-10(2,3)16-9(15)12-11(6-7-11)5-4-8(13)14/h6-7H2,1-3H3,(H,12,15)(H,13,14). The molecule has 0 atom stereocenters. The Morgan fingerprint density at radius 3 is 2.31 bits per heavy atom. The van der Waals surface area contributed by atoms with Gasteiger partial charge < -0.3 is 15.2 Å². The Kier molecular flexibility index (Phi) is 3.13. The maximum absolute atomic E-state index is 11.4. The lowest BCUT2D eigenvalue weighted by atomic mass is 10.2. The molecule has 2 N–H and O–H groups in total. The quantitative estimate of drug-likeness (QED) is 0.656. The molecule has 0 aromatic rings. The SMILES string of the molecule is CC(C)(C)OC(=O)NC1(C#CC(=O)O)CC1. The van der Waals surface area contributed by atoms with E-state index >= 15 is 0 Å². The highest BCUT2D eigenvalue weighted by Gasteiger charge is 2.43. The summed E-state index contributed by atoms with van der Waals surface area (Å²) in [4.78, 5) is 21.7. The molecule has 0 bridgehead atoms. The molecule has 1 fully saturated rings. The molecule has 0 spiro atoms. The van der Waals surface area contributed by atoms with Crippen molar-refractivity contribution < 1.29 is 19.4 Å². The molecule has 1 aliphatic carbocycles. The van der Waals surface area contributed by atoms with Crippen LogP contribution >= 0.6 is 0 Å². The number of aliphatic carboxylic acids is 1. The van der Waals surface area contributed by atoms with Crippen molar-refractivity contribution in [2.45, 2.75) is 44.8 Å². The summed E-state index contributed by atoms with van der Waals surface area (Å²) in [7, 11) is 0. The summed E-state index contributed by atoms with van der Waals surface area (Å²) >= 11 is 0. The van der Waals surface area contributed by atoms with Crippen LogP contribution in [0.25, 0.3) is 0 Å². The van der Waals surface area contributed by atoms with E-state index in [1.165, 1.54) is 0 Å². The molecule has 1 aliphatic rings. The largest absolute Gasteiger partial charge is 0.472 e. The minimum Gasteiger partial charge on any atom is -0.472 e. The molecular formula is C11H15NO4. The van der Waals surface area contributed by atoms with Gasteiger partial charge in [0.15, 0.2) is 0 Å². The normalized spacial score (nSPS) is 16.7. The smallest absolute Gasteiger partial charge is 0.408 e. The molecule has 1 saturated carbocycles. The van der Waals surface area contributed by atoms with Gasteiger partial charge in [-0.3, -0.25) is 0 Å². The van der Waals surface area contributed by atoms with E-state index in [1.54, 1.807) is 20.8 Å². The van der Waals surface area contributed by atoms with Crippen molar-refractivity contribution in [3.63, 3.8) is 0 Å². The molecule has 5 heteroatoms. The number of alkyl carbamates (subject to hydrolysis) is 1. The van der Waals surface area contributed by atoms with Crippen LogP contribution in [0.4, 0.5) is 4.79 Å². The van der Waals surface area contributed by atoms with Crippen LogP contribution in [0, 0.1) is 11.8 Å². The summed E-state index contributed by atoms with van der Waals surface area (Å²) in [6, 6.07) is 0. The number of ether oxygens (including phenoxy) is 1. The van der Waals surface area contributed by atoms with Crippen LogP contribution in [0.1, 0.15) is 33.6 Å². The Morgan fingerprint density at radius 1 is 1.38 bits per heavy atom. The number of nitrogens with one attached hydrogen (secondary N) is 1. The van der Waals surface area contributed by atoms with E-state index < -0.39 is 23.2 Å². The van der Waals surface area contributed by atoms with E-state index in [0.717, 1.165) is 0 Å². The van der Waals surface area contributed by atoms with Crippen LogP contribution in [0.5, 0.6) is 0 Å². The van der Waals surface area contributed by atoms with E-state index in [-0.39, 0.29) is 0 Å². The van der Waals surface area contributed by atoms with Crippen molar-refractivity contribution >= 4 is 12.1 Å². The lowest BCUT2D eigenvalue weighted by molar-refractivity contribution is -0.130. The van der Waals surface area contributed by atoms with Gasteiger partial charge in [0, 0.05) is 5.92 Å². The second-order valence-electron chi connectivity index (χ2n) is 4.76. The summed E-state index contributed by atoms with van der Waals surface area (Å²) < 4.78 is 5.06. The zero-order valence-electron chi connectivity index (χ0n) is 9.59. The molecule has 16 heavy (non-hydrogen) atoms. The summed E-state index contributed by atoms with van der Waals surface area (Å²) in [6.45, 7) is 5.28. The van der Waals surface area contributed by atoms with E-state index in [2.05, 4.69) is 11.2 Å². The van der Waals surface area contributed by atoms with Crippen molar-refractivity contribution in [1.29, 1.82) is 0 Å². The average Bonchev–Trinajstić information content (AvgIpc) is 2.78. The van der Waals surface area contributed by atoms with Gasteiger partial charge >= 0.3 is 12.1 Å². The first-order valence-electron chi connectivity index (χ1n) is 5.00. The predicted octanol–water partition coefficient (Wildman–Crippen LogP) is 1.13. The lowest BCUT2D eigenvalue weighted by Gasteiger charge is -2.21. The van der Waals surface area contributed by atoms with Gasteiger partial charge in [0.1, 0.15) is 11.1 Å². The molecule has 0 saturated heterocycles. The molecule has 0 radical (unpaired) electrons. The average molecular weight is 225 g/mol. The molecule has 0 heterocycles. The second kappa shape index (κ2) is 4.05. The van der Waals surface area contributed by atoms with Gasteiger partial charge in [0.05, 0.1) is 0 Å². The maximum Gasteiger partial charge on any atom is 0.408 e. The molecule has 1 amide bonds. The molecule has 0 aromatic heterocycles. The molecule has 0 aromatic carbocycles. The summed E-state index contributed by atoms with van der Waals surface area (Å²) in [6.07, 6.45) is 0.753. The third-order valence-corrected chi connectivity index (χ3v) is 1.90. The number of hydrogen-bond acceptors (Lipinski definition) is 3. The Balaban J connectivity index is 2.53. The topological polar surface area (TPSA) is 75.6 Å². The molecule has 0 aliphatic heterocycles. The van der Waals surface area contributed by atoms with Crippen molar-refractivity contribution in [3.8, 4) is 11.8 Å². The molecule has 0 unspecified atom stereocenters. The highest BCUT2D eigenvalue weighted by Crippen LogP contribution is 2.34. The van der Waals surface area contributed by atoms with Gasteiger partial charge in [-0.2, -0.15) is 0 Å². The lowest BCUT2D eigenvalue weighted by Crippen LogP contribution is -2.40. The number of amides is 1. The van der Waals surface area contributed by atoms with Crippen LogP contribution in [0.3, 0.4) is 0 Å². The van der Waals surface area contributed by atoms with Crippen LogP contribution < -0.4 is 5.32 Å². The Hall–Kier alpha value is -1.70. The van der Waals surface area contributed by atoms with Crippen molar-refractivity contribution in [2.24, 2.45) is 0 Å². The van der Waals surface area contributed by atoms with Crippen LogP contribution in [-0.2, 0) is 9.53 Å². The summed E-state index contributed by atoms with van der Waals surface area (Å²) in [5.41, 5.74) is -1.26. The Morgan fingerprint density at radius 2 is 1.94 bits per heavy atom. The molecule has 88 valence electrons. The van der Waals surface area contributed by atoms with E-state index in [0.29, 0.717) is 12.8 Å². The van der Waals surface area contributed by atoms with Crippen LogP contribution in [0.2, 0.25) is 0 Å². The van der Waals surface area contributed by atoms with Gasteiger partial charge in [0.25, 0.3) is 0 Å².